The van der Waals surface area contributed by atoms with Gasteiger partial charge in [-0.25, -0.2) is 4.79 Å². The zero-order valence-corrected chi connectivity index (χ0v) is 9.43. The van der Waals surface area contributed by atoms with Gasteiger partial charge in [-0.15, -0.1) is 0 Å². The van der Waals surface area contributed by atoms with Crippen molar-refractivity contribution in [3.8, 4) is 0 Å². The molecule has 1 amide bonds. The van der Waals surface area contributed by atoms with E-state index in [-0.39, 0.29) is 10.1 Å². The monoisotopic (exact) mass is 271 g/mol. The van der Waals surface area contributed by atoms with Gasteiger partial charge in [0.2, 0.25) is 0 Å². The highest BCUT2D eigenvalue weighted by molar-refractivity contribution is 14.1. The molecule has 0 rings (SSSR count). The molecule has 1 atom stereocenters. The van der Waals surface area contributed by atoms with Crippen LogP contribution in [0.1, 0.15) is 27.7 Å². The van der Waals surface area contributed by atoms with Crippen LogP contribution in [-0.4, -0.2) is 15.7 Å². The van der Waals surface area contributed by atoms with Gasteiger partial charge in [0.25, 0.3) is 0 Å². The van der Waals surface area contributed by atoms with E-state index in [0.29, 0.717) is 0 Å². The Morgan fingerprint density at radius 2 is 2.00 bits per heavy atom. The number of halogens is 1. The molecule has 0 bridgehead atoms. The summed E-state index contributed by atoms with van der Waals surface area (Å²) in [6.07, 6.45) is -0.362. The van der Waals surface area contributed by atoms with Crippen LogP contribution >= 0.6 is 22.6 Å². The summed E-state index contributed by atoms with van der Waals surface area (Å²) in [4.78, 5) is 10.9. The summed E-state index contributed by atoms with van der Waals surface area (Å²) >= 11 is 2.10. The molecule has 66 valence electrons. The average molecular weight is 271 g/mol. The van der Waals surface area contributed by atoms with Gasteiger partial charge in [0, 0.05) is 0 Å². The SMILES string of the molecule is CC(I)NC(=O)OC(C)(C)C. The van der Waals surface area contributed by atoms with E-state index in [4.69, 9.17) is 4.74 Å². The molecule has 3 nitrogen and oxygen atoms in total. The molecule has 0 saturated heterocycles. The maximum absolute atomic E-state index is 10.9. The first-order valence-corrected chi connectivity index (χ1v) is 4.69. The first kappa shape index (κ1) is 11.0. The Morgan fingerprint density at radius 3 is 2.27 bits per heavy atom. The molecule has 1 unspecified atom stereocenters. The van der Waals surface area contributed by atoms with Gasteiger partial charge < -0.3 is 10.1 Å². The summed E-state index contributed by atoms with van der Waals surface area (Å²) in [5, 5.41) is 2.62. The fourth-order valence-corrected chi connectivity index (χ4v) is 0.724. The predicted octanol–water partition coefficient (Wildman–Crippen LogP) is 2.29. The molecular formula is C7H14INO2. The Kier molecular flexibility index (Phi) is 4.13. The zero-order chi connectivity index (χ0) is 9.07. The van der Waals surface area contributed by atoms with Crippen LogP contribution in [0.15, 0.2) is 0 Å². The van der Waals surface area contributed by atoms with E-state index in [1.165, 1.54) is 0 Å². The molecule has 0 aliphatic heterocycles. The number of ether oxygens (including phenoxy) is 1. The highest BCUT2D eigenvalue weighted by Gasteiger charge is 2.16. The highest BCUT2D eigenvalue weighted by Crippen LogP contribution is 2.07. The van der Waals surface area contributed by atoms with Crippen LogP contribution < -0.4 is 5.32 Å². The lowest BCUT2D eigenvalue weighted by atomic mass is 10.2. The number of alkyl carbamates (subject to hydrolysis) is 1. The first-order valence-electron chi connectivity index (χ1n) is 3.45. The van der Waals surface area contributed by atoms with Crippen LogP contribution in [0.5, 0.6) is 0 Å². The molecule has 0 saturated carbocycles. The van der Waals surface area contributed by atoms with Crippen molar-refractivity contribution in [2.45, 2.75) is 37.3 Å². The van der Waals surface area contributed by atoms with E-state index in [0.717, 1.165) is 0 Å². The highest BCUT2D eigenvalue weighted by atomic mass is 127. The lowest BCUT2D eigenvalue weighted by Gasteiger charge is -2.20. The van der Waals surface area contributed by atoms with Gasteiger partial charge in [-0.3, -0.25) is 0 Å². The Hall–Kier alpha value is 0. The van der Waals surface area contributed by atoms with E-state index >= 15 is 0 Å². The molecule has 11 heavy (non-hydrogen) atoms. The van der Waals surface area contributed by atoms with Crippen molar-refractivity contribution in [3.05, 3.63) is 0 Å². The molecule has 4 heteroatoms. The first-order chi connectivity index (χ1) is 4.81. The minimum absolute atomic E-state index is 0.0995. The third kappa shape index (κ3) is 7.90. The molecule has 0 aromatic heterocycles. The number of amides is 1. The Labute approximate surface area is 81.0 Å². The molecular weight excluding hydrogens is 257 g/mol. The Bertz CT molecular complexity index is 140. The van der Waals surface area contributed by atoms with E-state index in [2.05, 4.69) is 27.9 Å². The van der Waals surface area contributed by atoms with Crippen molar-refractivity contribution >= 4 is 28.7 Å². The van der Waals surface area contributed by atoms with Gasteiger partial charge >= 0.3 is 6.09 Å². The Balaban J connectivity index is 3.71. The predicted molar refractivity (Wildman–Crippen MR) is 52.9 cm³/mol. The van der Waals surface area contributed by atoms with Gasteiger partial charge in [0.05, 0.1) is 4.05 Å². The molecule has 0 radical (unpaired) electrons. The molecule has 0 aromatic rings. The third-order valence-electron chi connectivity index (χ3n) is 0.716. The largest absolute Gasteiger partial charge is 0.444 e. The van der Waals surface area contributed by atoms with Crippen LogP contribution in [0.4, 0.5) is 4.79 Å². The summed E-state index contributed by atoms with van der Waals surface area (Å²) in [6.45, 7) is 7.39. The third-order valence-corrected chi connectivity index (χ3v) is 1.03. The molecule has 1 N–H and O–H groups in total. The van der Waals surface area contributed by atoms with E-state index < -0.39 is 5.60 Å². The summed E-state index contributed by atoms with van der Waals surface area (Å²) in [6, 6.07) is 0. The number of carbonyl (C=O) groups excluding carboxylic acids is 1. The van der Waals surface area contributed by atoms with Crippen molar-refractivity contribution in [1.82, 2.24) is 5.32 Å². The second-order valence-electron chi connectivity index (χ2n) is 3.26. The number of hydrogen-bond donors (Lipinski definition) is 1. The van der Waals surface area contributed by atoms with Crippen LogP contribution in [0.25, 0.3) is 0 Å². The number of nitrogens with one attached hydrogen (secondary N) is 1. The number of hydrogen-bond acceptors (Lipinski definition) is 2. The normalized spacial score (nSPS) is 13.9. The fraction of sp³-hybridized carbons (Fsp3) is 0.857. The van der Waals surface area contributed by atoms with Crippen molar-refractivity contribution in [2.75, 3.05) is 0 Å². The summed E-state index contributed by atoms with van der Waals surface area (Å²) in [5.41, 5.74) is -0.407. The standard InChI is InChI=1S/C7H14INO2/c1-5(8)9-6(10)11-7(2,3)4/h5H,1-4H3,(H,9,10). The van der Waals surface area contributed by atoms with E-state index in [1.54, 1.807) is 0 Å². The molecule has 0 spiro atoms. The van der Waals surface area contributed by atoms with Crippen molar-refractivity contribution in [3.63, 3.8) is 0 Å². The molecule has 0 aliphatic carbocycles. The quantitative estimate of drug-likeness (QED) is 0.451. The van der Waals surface area contributed by atoms with Gasteiger partial charge in [-0.1, -0.05) is 22.6 Å². The molecule has 0 fully saturated rings. The van der Waals surface area contributed by atoms with Crippen LogP contribution in [0.2, 0.25) is 0 Å². The van der Waals surface area contributed by atoms with Crippen LogP contribution in [0, 0.1) is 0 Å². The molecule has 0 heterocycles. The van der Waals surface area contributed by atoms with Gasteiger partial charge in [-0.05, 0) is 27.7 Å². The lowest BCUT2D eigenvalue weighted by molar-refractivity contribution is 0.0527. The van der Waals surface area contributed by atoms with E-state index in [1.807, 2.05) is 27.7 Å². The number of carbonyl (C=O) groups is 1. The fourth-order valence-electron chi connectivity index (χ4n) is 0.470. The van der Waals surface area contributed by atoms with E-state index in [9.17, 15) is 4.79 Å². The summed E-state index contributed by atoms with van der Waals surface area (Å²) < 4.78 is 5.09. The number of rotatable bonds is 1. The minimum Gasteiger partial charge on any atom is -0.444 e. The summed E-state index contributed by atoms with van der Waals surface area (Å²) in [5.74, 6) is 0. The van der Waals surface area contributed by atoms with Crippen molar-refractivity contribution < 1.29 is 9.53 Å². The zero-order valence-electron chi connectivity index (χ0n) is 7.27. The number of alkyl halides is 1. The second-order valence-corrected chi connectivity index (χ2v) is 5.13. The van der Waals surface area contributed by atoms with Crippen molar-refractivity contribution in [2.24, 2.45) is 0 Å². The summed E-state index contributed by atoms with van der Waals surface area (Å²) in [7, 11) is 0. The van der Waals surface area contributed by atoms with Crippen molar-refractivity contribution in [1.29, 1.82) is 0 Å². The minimum atomic E-state index is -0.407. The van der Waals surface area contributed by atoms with Gasteiger partial charge in [0.1, 0.15) is 5.60 Å². The topological polar surface area (TPSA) is 38.3 Å². The van der Waals surface area contributed by atoms with Crippen LogP contribution in [-0.2, 0) is 4.74 Å². The van der Waals surface area contributed by atoms with Gasteiger partial charge in [0.15, 0.2) is 0 Å². The maximum atomic E-state index is 10.9. The average Bonchev–Trinajstić information content (AvgIpc) is 1.53. The second kappa shape index (κ2) is 4.13. The Morgan fingerprint density at radius 1 is 1.55 bits per heavy atom. The molecule has 0 aliphatic rings. The maximum Gasteiger partial charge on any atom is 0.408 e. The van der Waals surface area contributed by atoms with Gasteiger partial charge in [-0.2, -0.15) is 0 Å². The molecule has 0 aromatic carbocycles. The smallest absolute Gasteiger partial charge is 0.408 e. The van der Waals surface area contributed by atoms with Crippen LogP contribution in [0.3, 0.4) is 0 Å². The lowest BCUT2D eigenvalue weighted by Crippen LogP contribution is -2.35.